The Morgan fingerprint density at radius 2 is 1.89 bits per heavy atom. The molecule has 0 radical (unpaired) electrons. The molecule has 0 amide bonds. The second-order valence-electron chi connectivity index (χ2n) is 7.13. The summed E-state index contributed by atoms with van der Waals surface area (Å²) in [4.78, 5) is 9.27. The van der Waals surface area contributed by atoms with Crippen LogP contribution in [0.3, 0.4) is 0 Å². The number of halogens is 3. The van der Waals surface area contributed by atoms with Crippen LogP contribution in [0.4, 0.5) is 24.7 Å². The monoisotopic (exact) mass is 395 g/mol. The highest BCUT2D eigenvalue weighted by Gasteiger charge is 2.37. The van der Waals surface area contributed by atoms with Crippen molar-refractivity contribution < 1.29 is 22.6 Å². The number of ether oxygens (including phenoxy) is 2. The van der Waals surface area contributed by atoms with Crippen molar-refractivity contribution in [3.05, 3.63) is 36.0 Å². The molecule has 2 aromatic rings. The molecule has 1 saturated carbocycles. The van der Waals surface area contributed by atoms with E-state index < -0.39 is 11.7 Å². The van der Waals surface area contributed by atoms with Crippen LogP contribution < -0.4 is 14.4 Å². The van der Waals surface area contributed by atoms with Crippen molar-refractivity contribution in [1.82, 2.24) is 9.97 Å². The highest BCUT2D eigenvalue weighted by atomic mass is 19.4. The van der Waals surface area contributed by atoms with E-state index in [1.807, 2.05) is 13.8 Å². The van der Waals surface area contributed by atoms with E-state index in [1.54, 1.807) is 24.3 Å². The van der Waals surface area contributed by atoms with Gasteiger partial charge < -0.3 is 14.4 Å². The first kappa shape index (κ1) is 20.2. The lowest BCUT2D eigenvalue weighted by Gasteiger charge is -2.23. The molecular weight excluding hydrogens is 371 g/mol. The first-order chi connectivity index (χ1) is 13.2. The molecule has 0 aliphatic heterocycles. The van der Waals surface area contributed by atoms with Crippen LogP contribution in [0.25, 0.3) is 0 Å². The summed E-state index contributed by atoms with van der Waals surface area (Å²) in [7, 11) is 1.53. The number of rotatable bonds is 6. The number of benzene rings is 1. The Balaban J connectivity index is 1.94. The third kappa shape index (κ3) is 4.85. The first-order valence-electron chi connectivity index (χ1n) is 9.35. The van der Waals surface area contributed by atoms with Gasteiger partial charge >= 0.3 is 12.2 Å². The van der Waals surface area contributed by atoms with Gasteiger partial charge in [-0.05, 0) is 51.7 Å². The zero-order valence-corrected chi connectivity index (χ0v) is 16.2. The van der Waals surface area contributed by atoms with Gasteiger partial charge in [0.1, 0.15) is 17.4 Å². The van der Waals surface area contributed by atoms with Crippen molar-refractivity contribution in [2.24, 2.45) is 0 Å². The Morgan fingerprint density at radius 1 is 1.18 bits per heavy atom. The van der Waals surface area contributed by atoms with Crippen LogP contribution in [0.15, 0.2) is 30.5 Å². The van der Waals surface area contributed by atoms with Crippen molar-refractivity contribution in [3.63, 3.8) is 0 Å². The molecule has 1 aromatic heterocycles. The zero-order chi connectivity index (χ0) is 20.3. The maximum Gasteiger partial charge on any atom is 0.421 e. The van der Waals surface area contributed by atoms with Crippen molar-refractivity contribution in [2.45, 2.75) is 57.9 Å². The Labute approximate surface area is 162 Å². The smallest absolute Gasteiger partial charge is 0.421 e. The maximum atomic E-state index is 13.5. The van der Waals surface area contributed by atoms with Gasteiger partial charge in [-0.25, -0.2) is 4.98 Å². The van der Waals surface area contributed by atoms with E-state index in [2.05, 4.69) is 9.97 Å². The molecule has 0 saturated heterocycles. The summed E-state index contributed by atoms with van der Waals surface area (Å²) < 4.78 is 52.0. The van der Waals surface area contributed by atoms with Crippen LogP contribution in [0.1, 0.15) is 45.1 Å². The minimum Gasteiger partial charge on any atom is -0.491 e. The maximum absolute atomic E-state index is 13.5. The van der Waals surface area contributed by atoms with Gasteiger partial charge in [0, 0.05) is 25.0 Å². The molecule has 1 aliphatic carbocycles. The molecule has 0 bridgehead atoms. The summed E-state index contributed by atoms with van der Waals surface area (Å²) in [5.74, 6) is 0.321. The molecule has 3 rings (SSSR count). The normalized spacial score (nSPS) is 15.1. The zero-order valence-electron chi connectivity index (χ0n) is 16.2. The van der Waals surface area contributed by atoms with Crippen molar-refractivity contribution in [2.75, 3.05) is 11.9 Å². The van der Waals surface area contributed by atoms with Gasteiger partial charge in [0.15, 0.2) is 5.82 Å². The summed E-state index contributed by atoms with van der Waals surface area (Å²) in [6, 6.07) is 6.84. The van der Waals surface area contributed by atoms with E-state index in [4.69, 9.17) is 9.47 Å². The highest BCUT2D eigenvalue weighted by Crippen LogP contribution is 2.38. The topological polar surface area (TPSA) is 47.5 Å². The molecular formula is C20H24F3N3O2. The second-order valence-corrected chi connectivity index (χ2v) is 7.13. The van der Waals surface area contributed by atoms with E-state index in [0.29, 0.717) is 11.4 Å². The summed E-state index contributed by atoms with van der Waals surface area (Å²) in [5, 5.41) is 0. The van der Waals surface area contributed by atoms with Gasteiger partial charge in [-0.15, -0.1) is 0 Å². The molecule has 1 aliphatic rings. The summed E-state index contributed by atoms with van der Waals surface area (Å²) in [6.45, 7) is 3.77. The Bertz CT molecular complexity index is 806. The molecule has 8 heteroatoms. The third-order valence-electron chi connectivity index (χ3n) is 4.52. The van der Waals surface area contributed by atoms with E-state index >= 15 is 0 Å². The van der Waals surface area contributed by atoms with E-state index in [-0.39, 0.29) is 24.0 Å². The van der Waals surface area contributed by atoms with Crippen LogP contribution >= 0.6 is 0 Å². The Hall–Kier alpha value is -2.51. The molecule has 1 heterocycles. The summed E-state index contributed by atoms with van der Waals surface area (Å²) in [5.41, 5.74) is -0.391. The lowest BCUT2D eigenvalue weighted by molar-refractivity contribution is -0.137. The SMILES string of the molecule is CC(C)Oc1cccc(N(C)c2nc(OC3CCCC3)ncc2C(F)(F)F)c1. The number of nitrogens with zero attached hydrogens (tertiary/aromatic N) is 3. The predicted molar refractivity (Wildman–Crippen MR) is 100 cm³/mol. The van der Waals surface area contributed by atoms with Crippen LogP contribution in [-0.4, -0.2) is 29.2 Å². The van der Waals surface area contributed by atoms with E-state index in [1.165, 1.54) is 11.9 Å². The molecule has 0 atom stereocenters. The number of hydrogen-bond donors (Lipinski definition) is 0. The molecule has 28 heavy (non-hydrogen) atoms. The van der Waals surface area contributed by atoms with Crippen molar-refractivity contribution >= 4 is 11.5 Å². The Morgan fingerprint density at radius 3 is 2.54 bits per heavy atom. The summed E-state index contributed by atoms with van der Waals surface area (Å²) in [6.07, 6.45) is -0.0659. The lowest BCUT2D eigenvalue weighted by Crippen LogP contribution is -2.21. The molecule has 5 nitrogen and oxygen atoms in total. The van der Waals surface area contributed by atoms with Crippen LogP contribution in [0, 0.1) is 0 Å². The van der Waals surface area contributed by atoms with Gasteiger partial charge in [0.25, 0.3) is 0 Å². The lowest BCUT2D eigenvalue weighted by atomic mass is 10.2. The molecule has 1 fully saturated rings. The van der Waals surface area contributed by atoms with Crippen LogP contribution in [0.2, 0.25) is 0 Å². The van der Waals surface area contributed by atoms with E-state index in [9.17, 15) is 13.2 Å². The number of alkyl halides is 3. The fraction of sp³-hybridized carbons (Fsp3) is 0.500. The van der Waals surface area contributed by atoms with Gasteiger partial charge in [-0.3, -0.25) is 0 Å². The van der Waals surface area contributed by atoms with Gasteiger partial charge in [0.05, 0.1) is 6.10 Å². The fourth-order valence-electron chi connectivity index (χ4n) is 3.18. The minimum atomic E-state index is -4.58. The number of hydrogen-bond acceptors (Lipinski definition) is 5. The largest absolute Gasteiger partial charge is 0.491 e. The second kappa shape index (κ2) is 8.24. The van der Waals surface area contributed by atoms with Crippen molar-refractivity contribution in [3.8, 4) is 11.8 Å². The van der Waals surface area contributed by atoms with Gasteiger partial charge in [-0.2, -0.15) is 18.2 Å². The quantitative estimate of drug-likeness (QED) is 0.658. The van der Waals surface area contributed by atoms with Crippen molar-refractivity contribution in [1.29, 1.82) is 0 Å². The van der Waals surface area contributed by atoms with Gasteiger partial charge in [0.2, 0.25) is 0 Å². The molecule has 0 spiro atoms. The molecule has 0 unspecified atom stereocenters. The average Bonchev–Trinajstić information content (AvgIpc) is 3.13. The number of aromatic nitrogens is 2. The van der Waals surface area contributed by atoms with Crippen LogP contribution in [0.5, 0.6) is 11.8 Å². The minimum absolute atomic E-state index is 0.0312. The highest BCUT2D eigenvalue weighted by molar-refractivity contribution is 5.64. The molecule has 0 N–H and O–H groups in total. The Kier molecular flexibility index (Phi) is 5.96. The van der Waals surface area contributed by atoms with E-state index in [0.717, 1.165) is 31.9 Å². The standard InChI is InChI=1S/C20H24F3N3O2/c1-13(2)27-16-10-6-7-14(11-16)26(3)18-17(20(21,22)23)12-24-19(25-18)28-15-8-4-5-9-15/h6-7,10-13,15H,4-5,8-9H2,1-3H3. The molecule has 152 valence electrons. The van der Waals surface area contributed by atoms with Gasteiger partial charge in [-0.1, -0.05) is 6.07 Å². The third-order valence-corrected chi connectivity index (χ3v) is 4.52. The first-order valence-corrected chi connectivity index (χ1v) is 9.35. The average molecular weight is 395 g/mol. The molecule has 1 aromatic carbocycles. The van der Waals surface area contributed by atoms with Crippen LogP contribution in [-0.2, 0) is 6.18 Å². The summed E-state index contributed by atoms with van der Waals surface area (Å²) >= 11 is 0. The fourth-order valence-corrected chi connectivity index (χ4v) is 3.18. The number of anilines is 2. The predicted octanol–water partition coefficient (Wildman–Crippen LogP) is 5.37.